The molecule has 3 rings (SSSR count). The van der Waals surface area contributed by atoms with Crippen molar-refractivity contribution in [2.24, 2.45) is 0 Å². The Balaban J connectivity index is 1.69. The minimum absolute atomic E-state index is 0.305. The van der Waals surface area contributed by atoms with E-state index >= 15 is 0 Å². The lowest BCUT2D eigenvalue weighted by Crippen LogP contribution is -1.96. The molecule has 0 saturated heterocycles. The summed E-state index contributed by atoms with van der Waals surface area (Å²) in [5.74, 6) is 0.850. The summed E-state index contributed by atoms with van der Waals surface area (Å²) < 4.78 is 5.77. The number of hydrogen-bond acceptors (Lipinski definition) is 2. The normalized spacial score (nSPS) is 17.3. The van der Waals surface area contributed by atoms with E-state index in [-0.39, 0.29) is 6.10 Å². The highest BCUT2D eigenvalue weighted by atomic mass is 35.5. The molecule has 2 aromatic rings. The van der Waals surface area contributed by atoms with Crippen LogP contribution in [-0.4, -0.2) is 5.11 Å². The summed E-state index contributed by atoms with van der Waals surface area (Å²) in [7, 11) is 0. The number of rotatable bonds is 3. The zero-order valence-corrected chi connectivity index (χ0v) is 11.2. The second-order valence-corrected chi connectivity index (χ2v) is 5.27. The lowest BCUT2D eigenvalue weighted by atomic mass is 10.1. The first kappa shape index (κ1) is 12.5. The topological polar surface area (TPSA) is 29.5 Å². The maximum absolute atomic E-state index is 9.75. The van der Waals surface area contributed by atoms with Gasteiger partial charge in [-0.15, -0.1) is 0 Å². The minimum atomic E-state index is -0.305. The van der Waals surface area contributed by atoms with E-state index in [0.29, 0.717) is 6.61 Å². The molecule has 0 spiro atoms. The van der Waals surface area contributed by atoms with Gasteiger partial charge in [-0.05, 0) is 53.8 Å². The van der Waals surface area contributed by atoms with E-state index in [2.05, 4.69) is 0 Å². The molecule has 3 heteroatoms. The van der Waals surface area contributed by atoms with E-state index in [1.807, 2.05) is 42.5 Å². The average Bonchev–Trinajstić information content (AvgIpc) is 2.79. The van der Waals surface area contributed by atoms with Gasteiger partial charge in [0.15, 0.2) is 0 Å². The lowest BCUT2D eigenvalue weighted by Gasteiger charge is -2.09. The van der Waals surface area contributed by atoms with Crippen LogP contribution in [0.4, 0.5) is 0 Å². The van der Waals surface area contributed by atoms with Crippen molar-refractivity contribution in [3.63, 3.8) is 0 Å². The van der Waals surface area contributed by atoms with Gasteiger partial charge >= 0.3 is 0 Å². The fourth-order valence-corrected chi connectivity index (χ4v) is 2.53. The van der Waals surface area contributed by atoms with Crippen molar-refractivity contribution in [1.82, 2.24) is 0 Å². The molecule has 0 fully saturated rings. The second kappa shape index (κ2) is 5.24. The Kier molecular flexibility index (Phi) is 3.45. The van der Waals surface area contributed by atoms with E-state index in [1.54, 1.807) is 0 Å². The average molecular weight is 275 g/mol. The summed E-state index contributed by atoms with van der Waals surface area (Å²) >= 11 is 5.84. The number of benzene rings is 2. The van der Waals surface area contributed by atoms with Crippen LogP contribution in [0.1, 0.15) is 29.2 Å². The van der Waals surface area contributed by atoms with Crippen LogP contribution >= 0.6 is 11.6 Å². The summed E-state index contributed by atoms with van der Waals surface area (Å²) in [6.45, 7) is 0.526. The molecule has 0 bridgehead atoms. The van der Waals surface area contributed by atoms with Crippen LogP contribution in [0.15, 0.2) is 42.5 Å². The molecule has 0 heterocycles. The maximum atomic E-state index is 9.75. The number of aryl methyl sites for hydroxylation is 1. The largest absolute Gasteiger partial charge is 0.489 e. The lowest BCUT2D eigenvalue weighted by molar-refractivity contribution is 0.180. The van der Waals surface area contributed by atoms with Gasteiger partial charge in [-0.1, -0.05) is 29.8 Å². The van der Waals surface area contributed by atoms with Gasteiger partial charge in [0.2, 0.25) is 0 Å². The van der Waals surface area contributed by atoms with Crippen molar-refractivity contribution in [1.29, 1.82) is 0 Å². The zero-order chi connectivity index (χ0) is 13.2. The first-order chi connectivity index (χ1) is 9.22. The first-order valence-electron chi connectivity index (χ1n) is 6.40. The van der Waals surface area contributed by atoms with Crippen molar-refractivity contribution in [2.45, 2.75) is 25.6 Å². The van der Waals surface area contributed by atoms with Crippen molar-refractivity contribution in [2.75, 3.05) is 0 Å². The summed E-state index contributed by atoms with van der Waals surface area (Å²) in [5.41, 5.74) is 3.32. The summed E-state index contributed by atoms with van der Waals surface area (Å²) in [4.78, 5) is 0. The number of aliphatic hydroxyl groups is 1. The van der Waals surface area contributed by atoms with Crippen LogP contribution in [0.2, 0.25) is 5.02 Å². The third kappa shape index (κ3) is 2.75. The molecule has 0 amide bonds. The molecule has 2 nitrogen and oxygen atoms in total. The number of aliphatic hydroxyl groups excluding tert-OH is 1. The highest BCUT2D eigenvalue weighted by molar-refractivity contribution is 6.30. The molecule has 0 saturated carbocycles. The van der Waals surface area contributed by atoms with Crippen LogP contribution in [0, 0.1) is 0 Å². The summed E-state index contributed by atoms with van der Waals surface area (Å²) in [6.07, 6.45) is 1.44. The molecule has 98 valence electrons. The van der Waals surface area contributed by atoms with Crippen LogP contribution in [0.25, 0.3) is 0 Å². The number of hydrogen-bond donors (Lipinski definition) is 1. The third-order valence-corrected chi connectivity index (χ3v) is 3.73. The van der Waals surface area contributed by atoms with Gasteiger partial charge in [0, 0.05) is 5.02 Å². The highest BCUT2D eigenvalue weighted by Crippen LogP contribution is 2.33. The van der Waals surface area contributed by atoms with Crippen molar-refractivity contribution < 1.29 is 9.84 Å². The van der Waals surface area contributed by atoms with Crippen molar-refractivity contribution >= 4 is 11.6 Å². The quantitative estimate of drug-likeness (QED) is 0.920. The van der Waals surface area contributed by atoms with E-state index in [9.17, 15) is 5.11 Å². The predicted molar refractivity (Wildman–Crippen MR) is 75.5 cm³/mol. The van der Waals surface area contributed by atoms with E-state index < -0.39 is 0 Å². The molecular weight excluding hydrogens is 260 g/mol. The highest BCUT2D eigenvalue weighted by Gasteiger charge is 2.20. The number of halogens is 1. The maximum Gasteiger partial charge on any atom is 0.120 e. The summed E-state index contributed by atoms with van der Waals surface area (Å²) in [6, 6.07) is 13.5. The Bertz CT molecular complexity index is 578. The number of ether oxygens (including phenoxy) is 1. The second-order valence-electron chi connectivity index (χ2n) is 4.83. The minimum Gasteiger partial charge on any atom is -0.489 e. The molecule has 1 aliphatic rings. The van der Waals surface area contributed by atoms with Crippen LogP contribution in [0.5, 0.6) is 5.75 Å². The smallest absolute Gasteiger partial charge is 0.120 e. The first-order valence-corrected chi connectivity index (χ1v) is 6.78. The Labute approximate surface area is 117 Å². The third-order valence-electron chi connectivity index (χ3n) is 3.48. The van der Waals surface area contributed by atoms with Gasteiger partial charge in [-0.2, -0.15) is 0 Å². The SMILES string of the molecule is O[C@H]1CCc2cc(OCc3ccc(Cl)cc3)ccc21. The standard InChI is InChI=1S/C16H15ClO2/c17-13-4-1-11(2-5-13)10-19-14-6-7-15-12(9-14)3-8-16(15)18/h1-2,4-7,9,16,18H,3,8,10H2/t16-/m0/s1. The van der Waals surface area contributed by atoms with Gasteiger partial charge in [-0.25, -0.2) is 0 Å². The molecule has 2 aromatic carbocycles. The molecule has 1 N–H and O–H groups in total. The van der Waals surface area contributed by atoms with Crippen molar-refractivity contribution in [3.8, 4) is 5.75 Å². The van der Waals surface area contributed by atoms with Crippen molar-refractivity contribution in [3.05, 3.63) is 64.2 Å². The molecule has 0 aliphatic heterocycles. The molecule has 0 radical (unpaired) electrons. The molecule has 19 heavy (non-hydrogen) atoms. The van der Waals surface area contributed by atoms with E-state index in [0.717, 1.165) is 34.7 Å². The Hall–Kier alpha value is -1.51. The molecule has 1 atom stereocenters. The fourth-order valence-electron chi connectivity index (χ4n) is 2.41. The Morgan fingerprint density at radius 2 is 1.95 bits per heavy atom. The van der Waals surface area contributed by atoms with Gasteiger partial charge < -0.3 is 9.84 Å². The van der Waals surface area contributed by atoms with Crippen LogP contribution in [0.3, 0.4) is 0 Å². The summed E-state index contributed by atoms with van der Waals surface area (Å²) in [5, 5.41) is 10.5. The number of fused-ring (bicyclic) bond motifs is 1. The monoisotopic (exact) mass is 274 g/mol. The zero-order valence-electron chi connectivity index (χ0n) is 10.5. The van der Waals surface area contributed by atoms with Crippen LogP contribution < -0.4 is 4.74 Å². The van der Waals surface area contributed by atoms with Gasteiger partial charge in [0.25, 0.3) is 0 Å². The molecule has 0 aromatic heterocycles. The fraction of sp³-hybridized carbons (Fsp3) is 0.250. The predicted octanol–water partition coefficient (Wildman–Crippen LogP) is 3.90. The Morgan fingerprint density at radius 1 is 1.16 bits per heavy atom. The molecule has 1 aliphatic carbocycles. The molecule has 0 unspecified atom stereocenters. The van der Waals surface area contributed by atoms with Gasteiger partial charge in [-0.3, -0.25) is 0 Å². The van der Waals surface area contributed by atoms with E-state index in [1.165, 1.54) is 5.56 Å². The van der Waals surface area contributed by atoms with Gasteiger partial charge in [0.1, 0.15) is 12.4 Å². The van der Waals surface area contributed by atoms with Crippen LogP contribution in [-0.2, 0) is 13.0 Å². The van der Waals surface area contributed by atoms with E-state index in [4.69, 9.17) is 16.3 Å². The van der Waals surface area contributed by atoms with Gasteiger partial charge in [0.05, 0.1) is 6.10 Å². The Morgan fingerprint density at radius 3 is 2.74 bits per heavy atom. The molecular formula is C16H15ClO2.